The average Bonchev–Trinajstić information content (AvgIpc) is 3.29. The minimum Gasteiger partial charge on any atom is -0.342 e. The number of rotatable bonds is 3. The van der Waals surface area contributed by atoms with E-state index in [-0.39, 0.29) is 17.2 Å². The molecule has 0 bridgehead atoms. The highest BCUT2D eigenvalue weighted by molar-refractivity contribution is 6.30. The van der Waals surface area contributed by atoms with Gasteiger partial charge in [-0.25, -0.2) is 0 Å². The zero-order valence-electron chi connectivity index (χ0n) is 13.8. The second-order valence-electron chi connectivity index (χ2n) is 7.57. The van der Waals surface area contributed by atoms with Gasteiger partial charge in [0.05, 0.1) is 5.41 Å². The fourth-order valence-electron chi connectivity index (χ4n) is 4.17. The Morgan fingerprint density at radius 2 is 2.08 bits per heavy atom. The summed E-state index contributed by atoms with van der Waals surface area (Å²) in [5.74, 6) is 0.984. The van der Waals surface area contributed by atoms with Crippen molar-refractivity contribution in [1.29, 1.82) is 0 Å². The first-order chi connectivity index (χ1) is 11.6. The van der Waals surface area contributed by atoms with Gasteiger partial charge in [-0.1, -0.05) is 17.7 Å². The lowest BCUT2D eigenvalue weighted by molar-refractivity contribution is -0.145. The summed E-state index contributed by atoms with van der Waals surface area (Å²) >= 11 is 6.00. The zero-order chi connectivity index (χ0) is 16.7. The summed E-state index contributed by atoms with van der Waals surface area (Å²) in [7, 11) is 0. The minimum absolute atomic E-state index is 0.0125. The van der Waals surface area contributed by atoms with Crippen LogP contribution in [0, 0.1) is 11.3 Å². The molecule has 2 heterocycles. The van der Waals surface area contributed by atoms with Gasteiger partial charge in [0, 0.05) is 36.8 Å². The molecule has 2 aliphatic heterocycles. The molecule has 0 aromatic heterocycles. The summed E-state index contributed by atoms with van der Waals surface area (Å²) in [4.78, 5) is 29.7. The molecule has 0 radical (unpaired) electrons. The van der Waals surface area contributed by atoms with Crippen molar-refractivity contribution in [2.75, 3.05) is 26.2 Å². The Labute approximate surface area is 147 Å². The highest BCUT2D eigenvalue weighted by Crippen LogP contribution is 2.42. The van der Waals surface area contributed by atoms with E-state index < -0.39 is 0 Å². The molecule has 4 rings (SSSR count). The maximum absolute atomic E-state index is 13.0. The first-order valence-corrected chi connectivity index (χ1v) is 9.29. The number of likely N-dealkylation sites (tertiary alicyclic amines) is 2. The van der Waals surface area contributed by atoms with Crippen LogP contribution in [0.15, 0.2) is 24.3 Å². The normalized spacial score (nSPS) is 27.1. The van der Waals surface area contributed by atoms with Crippen LogP contribution in [-0.2, 0) is 4.79 Å². The van der Waals surface area contributed by atoms with Gasteiger partial charge in [0.2, 0.25) is 5.91 Å². The largest absolute Gasteiger partial charge is 0.342 e. The van der Waals surface area contributed by atoms with Gasteiger partial charge in [-0.15, -0.1) is 0 Å². The lowest BCUT2D eigenvalue weighted by Crippen LogP contribution is -2.50. The average molecular weight is 347 g/mol. The van der Waals surface area contributed by atoms with Crippen molar-refractivity contribution in [3.05, 3.63) is 34.9 Å². The molecule has 5 heteroatoms. The number of carbonyl (C=O) groups excluding carboxylic acids is 2. The molecule has 1 unspecified atom stereocenters. The first-order valence-electron chi connectivity index (χ1n) is 8.92. The van der Waals surface area contributed by atoms with Crippen LogP contribution >= 0.6 is 11.6 Å². The van der Waals surface area contributed by atoms with E-state index in [2.05, 4.69) is 4.90 Å². The molecule has 3 aliphatic rings. The van der Waals surface area contributed by atoms with E-state index >= 15 is 0 Å². The van der Waals surface area contributed by atoms with E-state index in [1.807, 2.05) is 4.90 Å². The van der Waals surface area contributed by atoms with Crippen LogP contribution < -0.4 is 0 Å². The number of carbonyl (C=O) groups is 2. The maximum atomic E-state index is 13.0. The number of nitrogens with zero attached hydrogens (tertiary/aromatic N) is 2. The van der Waals surface area contributed by atoms with Crippen LogP contribution in [-0.4, -0.2) is 47.8 Å². The topological polar surface area (TPSA) is 40.6 Å². The van der Waals surface area contributed by atoms with Crippen molar-refractivity contribution in [3.8, 4) is 0 Å². The number of halogens is 1. The second kappa shape index (κ2) is 6.07. The Morgan fingerprint density at radius 3 is 2.83 bits per heavy atom. The number of hydrogen-bond donors (Lipinski definition) is 0. The third-order valence-electron chi connectivity index (χ3n) is 5.71. The van der Waals surface area contributed by atoms with Gasteiger partial charge >= 0.3 is 0 Å². The Bertz CT molecular complexity index is 673. The Hall–Kier alpha value is -1.55. The standard InChI is InChI=1S/C19H23ClN2O2/c20-16-4-1-3-15(11-16)17(23)22-10-8-19(13-22)7-2-9-21(18(19)24)12-14-5-6-14/h1,3-4,11,14H,2,5-10,12-13H2. The lowest BCUT2D eigenvalue weighted by Gasteiger charge is -2.39. The van der Waals surface area contributed by atoms with E-state index in [1.165, 1.54) is 12.8 Å². The van der Waals surface area contributed by atoms with Crippen LogP contribution in [0.25, 0.3) is 0 Å². The van der Waals surface area contributed by atoms with Gasteiger partial charge in [0.15, 0.2) is 0 Å². The molecular weight excluding hydrogens is 324 g/mol. The third kappa shape index (κ3) is 2.92. The molecule has 2 amide bonds. The van der Waals surface area contributed by atoms with Crippen molar-refractivity contribution in [1.82, 2.24) is 9.80 Å². The lowest BCUT2D eigenvalue weighted by atomic mass is 9.78. The molecule has 24 heavy (non-hydrogen) atoms. The maximum Gasteiger partial charge on any atom is 0.253 e. The highest BCUT2D eigenvalue weighted by Gasteiger charge is 2.49. The van der Waals surface area contributed by atoms with E-state index in [4.69, 9.17) is 11.6 Å². The summed E-state index contributed by atoms with van der Waals surface area (Å²) in [6, 6.07) is 7.06. The fraction of sp³-hybridized carbons (Fsp3) is 0.579. The number of piperidine rings is 1. The van der Waals surface area contributed by atoms with Crippen molar-refractivity contribution >= 4 is 23.4 Å². The smallest absolute Gasteiger partial charge is 0.253 e. The molecule has 0 N–H and O–H groups in total. The predicted octanol–water partition coefficient (Wildman–Crippen LogP) is 3.20. The molecule has 1 spiro atoms. The highest BCUT2D eigenvalue weighted by atomic mass is 35.5. The van der Waals surface area contributed by atoms with Crippen molar-refractivity contribution in [2.45, 2.75) is 32.1 Å². The van der Waals surface area contributed by atoms with Crippen molar-refractivity contribution < 1.29 is 9.59 Å². The Morgan fingerprint density at radius 1 is 1.25 bits per heavy atom. The van der Waals surface area contributed by atoms with E-state index in [1.54, 1.807) is 24.3 Å². The molecule has 1 aromatic carbocycles. The number of hydrogen-bond acceptors (Lipinski definition) is 2. The summed E-state index contributed by atoms with van der Waals surface area (Å²) in [5, 5.41) is 0.569. The molecule has 4 nitrogen and oxygen atoms in total. The number of amides is 2. The Kier molecular flexibility index (Phi) is 4.03. The molecule has 2 saturated heterocycles. The quantitative estimate of drug-likeness (QED) is 0.843. The monoisotopic (exact) mass is 346 g/mol. The Balaban J connectivity index is 1.48. The van der Waals surface area contributed by atoms with E-state index in [0.29, 0.717) is 23.7 Å². The van der Waals surface area contributed by atoms with Gasteiger partial charge in [-0.05, 0) is 56.2 Å². The van der Waals surface area contributed by atoms with Crippen LogP contribution in [0.2, 0.25) is 5.02 Å². The van der Waals surface area contributed by atoms with Crippen molar-refractivity contribution in [2.24, 2.45) is 11.3 Å². The molecule has 1 aromatic rings. The summed E-state index contributed by atoms with van der Waals surface area (Å²) < 4.78 is 0. The van der Waals surface area contributed by atoms with Crippen LogP contribution in [0.3, 0.4) is 0 Å². The van der Waals surface area contributed by atoms with E-state index in [0.717, 1.165) is 38.3 Å². The predicted molar refractivity (Wildman–Crippen MR) is 92.9 cm³/mol. The minimum atomic E-state index is -0.346. The molecular formula is C19H23ClN2O2. The molecule has 128 valence electrons. The first kappa shape index (κ1) is 15.9. The van der Waals surface area contributed by atoms with Gasteiger partial charge in [0.1, 0.15) is 0 Å². The van der Waals surface area contributed by atoms with Gasteiger partial charge in [0.25, 0.3) is 5.91 Å². The third-order valence-corrected chi connectivity index (χ3v) is 5.95. The van der Waals surface area contributed by atoms with Crippen LogP contribution in [0.5, 0.6) is 0 Å². The number of benzene rings is 1. The summed E-state index contributed by atoms with van der Waals surface area (Å²) in [5.41, 5.74) is 0.263. The molecule has 1 saturated carbocycles. The summed E-state index contributed by atoms with van der Waals surface area (Å²) in [6.45, 7) is 3.02. The second-order valence-corrected chi connectivity index (χ2v) is 8.00. The SMILES string of the molecule is O=C(c1cccc(Cl)c1)N1CCC2(CCCN(CC3CC3)C2=O)C1. The van der Waals surface area contributed by atoms with Gasteiger partial charge in [-0.3, -0.25) is 9.59 Å². The van der Waals surface area contributed by atoms with E-state index in [9.17, 15) is 9.59 Å². The molecule has 3 fully saturated rings. The molecule has 1 aliphatic carbocycles. The van der Waals surface area contributed by atoms with Crippen LogP contribution in [0.4, 0.5) is 0 Å². The molecule has 1 atom stereocenters. The van der Waals surface area contributed by atoms with Crippen molar-refractivity contribution in [3.63, 3.8) is 0 Å². The fourth-order valence-corrected chi connectivity index (χ4v) is 4.36. The zero-order valence-corrected chi connectivity index (χ0v) is 14.6. The summed E-state index contributed by atoms with van der Waals surface area (Å²) in [6.07, 6.45) is 5.27. The van der Waals surface area contributed by atoms with Gasteiger partial charge < -0.3 is 9.80 Å². The van der Waals surface area contributed by atoms with Gasteiger partial charge in [-0.2, -0.15) is 0 Å². The van der Waals surface area contributed by atoms with Crippen LogP contribution in [0.1, 0.15) is 42.5 Å².